The Morgan fingerprint density at radius 2 is 2.21 bits per heavy atom. The van der Waals surface area contributed by atoms with Crippen LogP contribution in [0.5, 0.6) is 0 Å². The molecule has 3 rings (SSSR count). The largest absolute Gasteiger partial charge is 0.510 e. The van der Waals surface area contributed by atoms with Crippen LogP contribution in [-0.2, 0) is 29.8 Å². The summed E-state index contributed by atoms with van der Waals surface area (Å²) in [6, 6.07) is 0. The van der Waals surface area contributed by atoms with Crippen LogP contribution >= 0.6 is 7.60 Å². The quantitative estimate of drug-likeness (QED) is 0.340. The van der Waals surface area contributed by atoms with Gasteiger partial charge in [0, 0.05) is 0 Å². The van der Waals surface area contributed by atoms with Crippen LogP contribution in [0.2, 0.25) is 0 Å². The Kier molecular flexibility index (Phi) is 6.08. The number of nitrogen functional groups attached to an aromatic ring is 1. The molecule has 0 aromatic carbocycles. The van der Waals surface area contributed by atoms with E-state index < -0.39 is 32.5 Å². The third-order valence-electron chi connectivity index (χ3n) is 4.48. The number of anilines is 1. The predicted octanol–water partition coefficient (Wildman–Crippen LogP) is 1.88. The van der Waals surface area contributed by atoms with E-state index in [1.807, 2.05) is 6.92 Å². The zero-order valence-corrected chi connectivity index (χ0v) is 17.2. The molecule has 13 heteroatoms. The lowest BCUT2D eigenvalue weighted by atomic mass is 10.2. The van der Waals surface area contributed by atoms with E-state index in [9.17, 15) is 14.3 Å². The van der Waals surface area contributed by atoms with E-state index in [4.69, 9.17) is 19.7 Å². The molecule has 160 valence electrons. The first-order chi connectivity index (χ1) is 13.6. The number of hydrogen-bond donors (Lipinski definition) is 2. The number of imidazole rings is 1. The SMILES string of the molecule is CC(C)OC(=O)OCOP(=O)(O)COC1(Cn2cnc3cnc(N)nc32)CC1C. The highest BCUT2D eigenvalue weighted by atomic mass is 31.2. The fraction of sp³-hybridized carbons (Fsp3) is 0.625. The van der Waals surface area contributed by atoms with Gasteiger partial charge in [0.1, 0.15) is 11.9 Å². The monoisotopic (exact) mass is 429 g/mol. The van der Waals surface area contributed by atoms with E-state index in [1.165, 1.54) is 6.20 Å². The lowest BCUT2D eigenvalue weighted by Gasteiger charge is -2.21. The molecular weight excluding hydrogens is 405 g/mol. The topological polar surface area (TPSA) is 161 Å². The first-order valence-electron chi connectivity index (χ1n) is 8.97. The maximum atomic E-state index is 12.2. The summed E-state index contributed by atoms with van der Waals surface area (Å²) in [6.45, 7) is 4.92. The summed E-state index contributed by atoms with van der Waals surface area (Å²) >= 11 is 0. The highest BCUT2D eigenvalue weighted by molar-refractivity contribution is 7.52. The molecule has 3 atom stereocenters. The minimum atomic E-state index is -4.14. The van der Waals surface area contributed by atoms with Crippen LogP contribution < -0.4 is 5.73 Å². The van der Waals surface area contributed by atoms with Gasteiger partial charge in [0.05, 0.1) is 30.8 Å². The van der Waals surface area contributed by atoms with Crippen molar-refractivity contribution in [3.05, 3.63) is 12.5 Å². The van der Waals surface area contributed by atoms with Gasteiger partial charge in [0.25, 0.3) is 0 Å². The van der Waals surface area contributed by atoms with Crippen molar-refractivity contribution in [1.82, 2.24) is 19.5 Å². The van der Waals surface area contributed by atoms with Crippen LogP contribution in [0.1, 0.15) is 27.2 Å². The number of carbonyl (C=O) groups excluding carboxylic acids is 1. The summed E-state index contributed by atoms with van der Waals surface area (Å²) in [4.78, 5) is 33.5. The van der Waals surface area contributed by atoms with Crippen LogP contribution in [0, 0.1) is 5.92 Å². The van der Waals surface area contributed by atoms with Crippen LogP contribution in [0.4, 0.5) is 10.7 Å². The summed E-state index contributed by atoms with van der Waals surface area (Å²) in [5.74, 6) is 0.277. The number of rotatable bonds is 9. The Morgan fingerprint density at radius 1 is 1.48 bits per heavy atom. The molecule has 2 heterocycles. The second-order valence-corrected chi connectivity index (χ2v) is 8.99. The molecule has 0 saturated heterocycles. The first-order valence-corrected chi connectivity index (χ1v) is 10.7. The Bertz CT molecular complexity index is 936. The molecule has 1 fully saturated rings. The van der Waals surface area contributed by atoms with E-state index in [0.29, 0.717) is 24.1 Å². The zero-order chi connectivity index (χ0) is 21.2. The van der Waals surface area contributed by atoms with Gasteiger partial charge in [-0.25, -0.2) is 14.8 Å². The van der Waals surface area contributed by atoms with Crippen molar-refractivity contribution in [3.63, 3.8) is 0 Å². The van der Waals surface area contributed by atoms with E-state index in [2.05, 4.69) is 19.7 Å². The van der Waals surface area contributed by atoms with Gasteiger partial charge in [-0.3, -0.25) is 9.09 Å². The molecule has 0 radical (unpaired) electrons. The van der Waals surface area contributed by atoms with Crippen molar-refractivity contribution in [1.29, 1.82) is 0 Å². The van der Waals surface area contributed by atoms with Gasteiger partial charge in [-0.2, -0.15) is 4.98 Å². The third kappa shape index (κ3) is 5.41. The molecule has 0 amide bonds. The van der Waals surface area contributed by atoms with E-state index in [1.54, 1.807) is 24.7 Å². The Morgan fingerprint density at radius 3 is 2.86 bits per heavy atom. The summed E-state index contributed by atoms with van der Waals surface area (Å²) in [5.41, 5.74) is 6.13. The molecule has 1 saturated carbocycles. The summed E-state index contributed by atoms with van der Waals surface area (Å²) in [6.07, 6.45) is 1.90. The van der Waals surface area contributed by atoms with E-state index in [-0.39, 0.29) is 18.0 Å². The van der Waals surface area contributed by atoms with Gasteiger partial charge in [-0.05, 0) is 26.2 Å². The maximum absolute atomic E-state index is 12.2. The van der Waals surface area contributed by atoms with Gasteiger partial charge in [-0.1, -0.05) is 6.92 Å². The van der Waals surface area contributed by atoms with Gasteiger partial charge >= 0.3 is 13.8 Å². The Hall–Kier alpha value is -2.27. The molecule has 3 unspecified atom stereocenters. The highest BCUT2D eigenvalue weighted by Crippen LogP contribution is 2.52. The maximum Gasteiger partial charge on any atom is 0.510 e. The summed E-state index contributed by atoms with van der Waals surface area (Å²) in [7, 11) is -4.14. The lowest BCUT2D eigenvalue weighted by molar-refractivity contribution is -0.0187. The van der Waals surface area contributed by atoms with Gasteiger partial charge in [0.15, 0.2) is 5.65 Å². The van der Waals surface area contributed by atoms with Crippen molar-refractivity contribution < 1.29 is 33.0 Å². The number of hydrogen-bond acceptors (Lipinski definition) is 10. The fourth-order valence-electron chi connectivity index (χ4n) is 2.83. The average Bonchev–Trinajstić information content (AvgIpc) is 3.08. The molecule has 12 nitrogen and oxygen atoms in total. The molecule has 2 aromatic rings. The average molecular weight is 429 g/mol. The van der Waals surface area contributed by atoms with E-state index in [0.717, 1.165) is 0 Å². The fourth-order valence-corrected chi connectivity index (χ4v) is 3.54. The van der Waals surface area contributed by atoms with Crippen molar-refractivity contribution >= 4 is 30.9 Å². The minimum absolute atomic E-state index is 0.127. The van der Waals surface area contributed by atoms with E-state index >= 15 is 0 Å². The second-order valence-electron chi connectivity index (χ2n) is 7.20. The summed E-state index contributed by atoms with van der Waals surface area (Å²) in [5, 5.41) is 0. The minimum Gasteiger partial charge on any atom is -0.432 e. The predicted molar refractivity (Wildman–Crippen MR) is 101 cm³/mol. The van der Waals surface area contributed by atoms with Gasteiger partial charge < -0.3 is 29.4 Å². The van der Waals surface area contributed by atoms with Crippen LogP contribution in [0.15, 0.2) is 12.5 Å². The van der Waals surface area contributed by atoms with Crippen molar-refractivity contribution in [2.75, 3.05) is 18.9 Å². The smallest absolute Gasteiger partial charge is 0.432 e. The molecule has 3 N–H and O–H groups in total. The van der Waals surface area contributed by atoms with Gasteiger partial charge in [-0.15, -0.1) is 0 Å². The van der Waals surface area contributed by atoms with Crippen LogP contribution in [0.3, 0.4) is 0 Å². The molecule has 2 aromatic heterocycles. The molecule has 29 heavy (non-hydrogen) atoms. The molecule has 0 spiro atoms. The second kappa shape index (κ2) is 8.23. The number of nitrogens with two attached hydrogens (primary N) is 1. The van der Waals surface area contributed by atoms with Crippen LogP contribution in [-0.4, -0.2) is 55.4 Å². The number of carbonyl (C=O) groups is 1. The first kappa shape index (κ1) is 21.4. The molecule has 0 bridgehead atoms. The normalized spacial score (nSPS) is 23.1. The van der Waals surface area contributed by atoms with Crippen LogP contribution in [0.25, 0.3) is 11.2 Å². The zero-order valence-electron chi connectivity index (χ0n) is 16.3. The van der Waals surface area contributed by atoms with Crippen molar-refractivity contribution in [2.45, 2.75) is 45.4 Å². The van der Waals surface area contributed by atoms with Crippen molar-refractivity contribution in [2.24, 2.45) is 5.92 Å². The van der Waals surface area contributed by atoms with Gasteiger partial charge in [0.2, 0.25) is 12.7 Å². The number of ether oxygens (including phenoxy) is 3. The molecular formula is C16H24N5O7P. The molecule has 0 aliphatic heterocycles. The number of fused-ring (bicyclic) bond motifs is 1. The Labute approximate surface area is 166 Å². The summed E-state index contributed by atoms with van der Waals surface area (Å²) < 4.78 is 33.8. The number of nitrogens with zero attached hydrogens (tertiary/aromatic N) is 4. The lowest BCUT2D eigenvalue weighted by Crippen LogP contribution is -2.25. The Balaban J connectivity index is 1.56. The van der Waals surface area contributed by atoms with Crippen molar-refractivity contribution in [3.8, 4) is 0 Å². The standard InChI is InChI=1S/C16H24N5O7P/c1-10(2)28-15(22)25-8-27-29(23,24)9-26-16(4-11(16)3)6-21-7-19-12-5-18-14(17)20-13(12)21/h5,7,10-11H,4,6,8-9H2,1-3H3,(H,23,24)(H2,17,18,20). The molecule has 1 aliphatic rings. The highest BCUT2D eigenvalue weighted by Gasteiger charge is 2.54. The third-order valence-corrected chi connectivity index (χ3v) is 5.45. The number of aromatic nitrogens is 4. The molecule has 1 aliphatic carbocycles.